The van der Waals surface area contributed by atoms with Crippen LogP contribution in [-0.2, 0) is 11.3 Å². The lowest BCUT2D eigenvalue weighted by molar-refractivity contribution is 0.0691. The summed E-state index contributed by atoms with van der Waals surface area (Å²) in [5.41, 5.74) is -1.02. The quantitative estimate of drug-likeness (QED) is 0.788. The number of ether oxygens (including phenoxy) is 1. The number of rotatable bonds is 3. The van der Waals surface area contributed by atoms with Crippen molar-refractivity contribution in [2.45, 2.75) is 25.5 Å². The Hall–Kier alpha value is -1.69. The Morgan fingerprint density at radius 1 is 1.69 bits per heavy atom. The second-order valence-electron chi connectivity index (χ2n) is 3.73. The van der Waals surface area contributed by atoms with Gasteiger partial charge in [-0.25, -0.2) is 4.79 Å². The Labute approximate surface area is 91.5 Å². The molecule has 0 amide bonds. The summed E-state index contributed by atoms with van der Waals surface area (Å²) >= 11 is 0. The summed E-state index contributed by atoms with van der Waals surface area (Å²) in [4.78, 5) is 25.4. The van der Waals surface area contributed by atoms with Crippen molar-refractivity contribution in [1.82, 2.24) is 9.55 Å². The van der Waals surface area contributed by atoms with Gasteiger partial charge in [-0.1, -0.05) is 0 Å². The molecule has 1 unspecified atom stereocenters. The van der Waals surface area contributed by atoms with Crippen LogP contribution in [0.4, 0.5) is 0 Å². The van der Waals surface area contributed by atoms with Crippen molar-refractivity contribution in [2.24, 2.45) is 0 Å². The summed E-state index contributed by atoms with van der Waals surface area (Å²) in [6, 6.07) is 0. The lowest BCUT2D eigenvalue weighted by Crippen LogP contribution is -2.23. The van der Waals surface area contributed by atoms with E-state index in [0.29, 0.717) is 6.54 Å². The first kappa shape index (κ1) is 10.8. The van der Waals surface area contributed by atoms with Gasteiger partial charge in [-0.3, -0.25) is 4.79 Å². The predicted molar refractivity (Wildman–Crippen MR) is 54.4 cm³/mol. The molecule has 2 rings (SSSR count). The number of carboxylic acids is 1. The van der Waals surface area contributed by atoms with E-state index in [1.807, 2.05) is 0 Å². The van der Waals surface area contributed by atoms with Gasteiger partial charge >= 0.3 is 5.97 Å². The van der Waals surface area contributed by atoms with E-state index in [1.54, 1.807) is 4.57 Å². The molecule has 0 aromatic carbocycles. The number of hydrogen-bond donors (Lipinski definition) is 1. The van der Waals surface area contributed by atoms with Gasteiger partial charge in [0.1, 0.15) is 5.56 Å². The zero-order valence-electron chi connectivity index (χ0n) is 8.63. The third-order valence-electron chi connectivity index (χ3n) is 2.52. The Kier molecular flexibility index (Phi) is 3.00. The third kappa shape index (κ3) is 2.27. The van der Waals surface area contributed by atoms with Crippen LogP contribution in [-0.4, -0.2) is 33.3 Å². The van der Waals surface area contributed by atoms with Crippen molar-refractivity contribution in [3.05, 3.63) is 28.4 Å². The minimum atomic E-state index is -1.25. The van der Waals surface area contributed by atoms with Crippen molar-refractivity contribution in [3.63, 3.8) is 0 Å². The number of carbonyl (C=O) groups is 1. The SMILES string of the molecule is O=C(O)c1cn(CC2CCCO2)cnc1=O. The minimum absolute atomic E-state index is 0.0888. The molecule has 1 aromatic heterocycles. The molecule has 0 radical (unpaired) electrons. The van der Waals surface area contributed by atoms with Crippen LogP contribution in [0.2, 0.25) is 0 Å². The fourth-order valence-corrected chi connectivity index (χ4v) is 1.72. The maximum Gasteiger partial charge on any atom is 0.342 e. The number of carboxylic acid groups (broad SMARTS) is 1. The summed E-state index contributed by atoms with van der Waals surface area (Å²) in [6.45, 7) is 1.28. The molecule has 0 aliphatic carbocycles. The molecule has 16 heavy (non-hydrogen) atoms. The normalized spacial score (nSPS) is 19.9. The number of hydrogen-bond acceptors (Lipinski definition) is 4. The Balaban J connectivity index is 2.18. The first-order valence-corrected chi connectivity index (χ1v) is 5.08. The van der Waals surface area contributed by atoms with Gasteiger partial charge in [0, 0.05) is 19.3 Å². The van der Waals surface area contributed by atoms with E-state index in [-0.39, 0.29) is 11.7 Å². The molecule has 1 aliphatic heterocycles. The molecule has 2 heterocycles. The molecule has 1 aromatic rings. The van der Waals surface area contributed by atoms with Gasteiger partial charge in [0.2, 0.25) is 0 Å². The first-order valence-electron chi connectivity index (χ1n) is 5.08. The highest BCUT2D eigenvalue weighted by Crippen LogP contribution is 2.13. The number of nitrogens with zero attached hydrogens (tertiary/aromatic N) is 2. The average molecular weight is 224 g/mol. The van der Waals surface area contributed by atoms with E-state index in [4.69, 9.17) is 9.84 Å². The number of aromatic nitrogens is 2. The highest BCUT2D eigenvalue weighted by atomic mass is 16.5. The molecule has 6 nitrogen and oxygen atoms in total. The molecule has 1 atom stereocenters. The summed E-state index contributed by atoms with van der Waals surface area (Å²) in [5, 5.41) is 8.77. The van der Waals surface area contributed by atoms with E-state index in [1.165, 1.54) is 12.5 Å². The van der Waals surface area contributed by atoms with Crippen LogP contribution in [0.5, 0.6) is 0 Å². The molecule has 1 aliphatic rings. The van der Waals surface area contributed by atoms with Crippen LogP contribution < -0.4 is 5.56 Å². The average Bonchev–Trinajstić information content (AvgIpc) is 2.73. The maximum atomic E-state index is 11.1. The van der Waals surface area contributed by atoms with Gasteiger partial charge in [0.15, 0.2) is 0 Å². The number of aromatic carboxylic acids is 1. The zero-order valence-corrected chi connectivity index (χ0v) is 8.63. The fraction of sp³-hybridized carbons (Fsp3) is 0.500. The van der Waals surface area contributed by atoms with Crippen LogP contribution in [0.15, 0.2) is 17.3 Å². The maximum absolute atomic E-state index is 11.1. The van der Waals surface area contributed by atoms with Crippen LogP contribution in [0.1, 0.15) is 23.2 Å². The standard InChI is InChI=1S/C10H12N2O4/c13-9-8(10(14)15)5-12(6-11-9)4-7-2-1-3-16-7/h5-7H,1-4H2,(H,14,15). The molecular weight excluding hydrogens is 212 g/mol. The van der Waals surface area contributed by atoms with Crippen molar-refractivity contribution < 1.29 is 14.6 Å². The minimum Gasteiger partial charge on any atom is -0.477 e. The molecule has 1 saturated heterocycles. The fourth-order valence-electron chi connectivity index (χ4n) is 1.72. The van der Waals surface area contributed by atoms with E-state index in [9.17, 15) is 9.59 Å². The third-order valence-corrected chi connectivity index (χ3v) is 2.52. The van der Waals surface area contributed by atoms with Crippen molar-refractivity contribution in [1.29, 1.82) is 0 Å². The molecule has 1 N–H and O–H groups in total. The molecular formula is C10H12N2O4. The van der Waals surface area contributed by atoms with Gasteiger partial charge in [0.05, 0.1) is 12.4 Å². The summed E-state index contributed by atoms with van der Waals surface area (Å²) in [5.74, 6) is -1.25. The molecule has 86 valence electrons. The van der Waals surface area contributed by atoms with Crippen molar-refractivity contribution >= 4 is 5.97 Å². The van der Waals surface area contributed by atoms with Crippen LogP contribution in [0.3, 0.4) is 0 Å². The monoisotopic (exact) mass is 224 g/mol. The van der Waals surface area contributed by atoms with Gasteiger partial charge in [-0.2, -0.15) is 4.98 Å². The lowest BCUT2D eigenvalue weighted by atomic mass is 10.2. The second-order valence-corrected chi connectivity index (χ2v) is 3.73. The second kappa shape index (κ2) is 4.44. The Morgan fingerprint density at radius 3 is 3.12 bits per heavy atom. The van der Waals surface area contributed by atoms with Gasteiger partial charge in [-0.15, -0.1) is 0 Å². The van der Waals surface area contributed by atoms with E-state index in [0.717, 1.165) is 19.4 Å². The van der Waals surface area contributed by atoms with E-state index in [2.05, 4.69) is 4.98 Å². The molecule has 6 heteroatoms. The molecule has 1 fully saturated rings. The van der Waals surface area contributed by atoms with Gasteiger partial charge in [-0.05, 0) is 12.8 Å². The Bertz CT molecular complexity index is 448. The molecule has 0 saturated carbocycles. The van der Waals surface area contributed by atoms with E-state index >= 15 is 0 Å². The van der Waals surface area contributed by atoms with Crippen LogP contribution in [0.25, 0.3) is 0 Å². The van der Waals surface area contributed by atoms with Crippen molar-refractivity contribution in [3.8, 4) is 0 Å². The lowest BCUT2D eigenvalue weighted by Gasteiger charge is -2.11. The predicted octanol–water partition coefficient (Wildman–Crippen LogP) is 0.121. The summed E-state index contributed by atoms with van der Waals surface area (Å²) in [7, 11) is 0. The van der Waals surface area contributed by atoms with Gasteiger partial charge in [0.25, 0.3) is 5.56 Å². The highest BCUT2D eigenvalue weighted by molar-refractivity contribution is 5.86. The first-order chi connectivity index (χ1) is 7.66. The molecule has 0 spiro atoms. The summed E-state index contributed by atoms with van der Waals surface area (Å²) < 4.78 is 7.00. The topological polar surface area (TPSA) is 81.4 Å². The van der Waals surface area contributed by atoms with Crippen LogP contribution in [0, 0.1) is 0 Å². The van der Waals surface area contributed by atoms with E-state index < -0.39 is 11.5 Å². The summed E-state index contributed by atoms with van der Waals surface area (Å²) in [6.07, 6.45) is 4.71. The zero-order chi connectivity index (χ0) is 11.5. The van der Waals surface area contributed by atoms with Crippen molar-refractivity contribution in [2.75, 3.05) is 6.61 Å². The highest BCUT2D eigenvalue weighted by Gasteiger charge is 2.17. The van der Waals surface area contributed by atoms with Gasteiger partial charge < -0.3 is 14.4 Å². The largest absolute Gasteiger partial charge is 0.477 e. The Morgan fingerprint density at radius 2 is 2.50 bits per heavy atom. The smallest absolute Gasteiger partial charge is 0.342 e. The van der Waals surface area contributed by atoms with Crippen LogP contribution >= 0.6 is 0 Å². The molecule has 0 bridgehead atoms.